The molecule has 2 N–H and O–H groups in total. The average molecular weight is 283 g/mol. The number of benzene rings is 1. The Hall–Kier alpha value is -1.78. The molecule has 0 atom stereocenters. The molecule has 2 aromatic rings. The summed E-state index contributed by atoms with van der Waals surface area (Å²) in [4.78, 5) is 14.7. The van der Waals surface area contributed by atoms with E-state index in [2.05, 4.69) is 10.3 Å². The summed E-state index contributed by atoms with van der Waals surface area (Å²) in [6.07, 6.45) is 0. The zero-order valence-corrected chi connectivity index (χ0v) is 10.5. The van der Waals surface area contributed by atoms with E-state index in [0.29, 0.717) is 21.6 Å². The predicted octanol–water partition coefficient (Wildman–Crippen LogP) is 3.83. The molecule has 0 aliphatic heterocycles. The molecule has 6 heteroatoms. The van der Waals surface area contributed by atoms with Gasteiger partial charge >= 0.3 is 5.97 Å². The second-order valence-corrected chi connectivity index (χ2v) is 4.25. The first-order chi connectivity index (χ1) is 8.58. The summed E-state index contributed by atoms with van der Waals surface area (Å²) in [5.41, 5.74) is 0.444. The van der Waals surface area contributed by atoms with E-state index in [1.165, 1.54) is 6.07 Å². The summed E-state index contributed by atoms with van der Waals surface area (Å²) in [5, 5.41) is 12.6. The molecular formula is C12H8Cl2N2O2. The monoisotopic (exact) mass is 282 g/mol. The van der Waals surface area contributed by atoms with Gasteiger partial charge in [-0.05, 0) is 24.3 Å². The molecule has 2 rings (SSSR count). The molecule has 0 aliphatic rings. The van der Waals surface area contributed by atoms with Crippen molar-refractivity contribution in [1.29, 1.82) is 0 Å². The summed E-state index contributed by atoms with van der Waals surface area (Å²) in [7, 11) is 0. The highest BCUT2D eigenvalue weighted by atomic mass is 35.5. The molecule has 0 fully saturated rings. The summed E-state index contributed by atoms with van der Waals surface area (Å²) in [5.74, 6) is -0.728. The minimum atomic E-state index is -1.09. The quantitative estimate of drug-likeness (QED) is 0.898. The Balaban J connectivity index is 2.34. The largest absolute Gasteiger partial charge is 0.477 e. The number of para-hydroxylation sites is 1. The highest BCUT2D eigenvalue weighted by molar-refractivity contribution is 6.39. The molecule has 0 saturated heterocycles. The summed E-state index contributed by atoms with van der Waals surface area (Å²) >= 11 is 12.0. The molecule has 0 aliphatic carbocycles. The minimum absolute atomic E-state index is 0.0526. The molecule has 18 heavy (non-hydrogen) atoms. The Morgan fingerprint density at radius 1 is 1.11 bits per heavy atom. The second kappa shape index (κ2) is 5.25. The van der Waals surface area contributed by atoms with Crippen LogP contribution in [0.3, 0.4) is 0 Å². The minimum Gasteiger partial charge on any atom is -0.477 e. The second-order valence-electron chi connectivity index (χ2n) is 3.43. The Labute approximate surface area is 113 Å². The number of carbonyl (C=O) groups is 1. The van der Waals surface area contributed by atoms with Gasteiger partial charge in [-0.25, -0.2) is 9.78 Å². The topological polar surface area (TPSA) is 62.2 Å². The third-order valence-corrected chi connectivity index (χ3v) is 2.81. The third kappa shape index (κ3) is 2.72. The van der Waals surface area contributed by atoms with Crippen LogP contribution >= 0.6 is 23.2 Å². The number of nitrogens with zero attached hydrogens (tertiary/aromatic N) is 1. The molecule has 0 radical (unpaired) electrons. The van der Waals surface area contributed by atoms with Crippen molar-refractivity contribution in [2.45, 2.75) is 0 Å². The van der Waals surface area contributed by atoms with Crippen molar-refractivity contribution in [3.8, 4) is 0 Å². The maximum Gasteiger partial charge on any atom is 0.354 e. The van der Waals surface area contributed by atoms with Gasteiger partial charge in [-0.1, -0.05) is 35.3 Å². The fraction of sp³-hybridized carbons (Fsp3) is 0. The van der Waals surface area contributed by atoms with Crippen molar-refractivity contribution in [2.75, 3.05) is 5.32 Å². The summed E-state index contributed by atoms with van der Waals surface area (Å²) in [6.45, 7) is 0. The molecule has 1 heterocycles. The van der Waals surface area contributed by atoms with Gasteiger partial charge in [0.15, 0.2) is 5.69 Å². The van der Waals surface area contributed by atoms with Crippen LogP contribution in [0.5, 0.6) is 0 Å². The number of aromatic carboxylic acids is 1. The number of anilines is 2. The highest BCUT2D eigenvalue weighted by Crippen LogP contribution is 2.31. The first-order valence-corrected chi connectivity index (χ1v) is 5.75. The Kier molecular flexibility index (Phi) is 3.69. The van der Waals surface area contributed by atoms with E-state index in [9.17, 15) is 4.79 Å². The van der Waals surface area contributed by atoms with Crippen LogP contribution < -0.4 is 5.32 Å². The standard InChI is InChI=1S/C12H8Cl2N2O2/c13-7-3-1-4-8(14)11(7)16-10-6-2-5-9(15-10)12(17)18/h1-6H,(H,15,16)(H,17,18). The number of halogens is 2. The van der Waals surface area contributed by atoms with Crippen molar-refractivity contribution in [1.82, 2.24) is 4.98 Å². The first kappa shape index (κ1) is 12.7. The van der Waals surface area contributed by atoms with Crippen LogP contribution in [0.4, 0.5) is 11.5 Å². The van der Waals surface area contributed by atoms with Gasteiger partial charge in [0, 0.05) is 0 Å². The van der Waals surface area contributed by atoms with E-state index < -0.39 is 5.97 Å². The van der Waals surface area contributed by atoms with Crippen LogP contribution in [0, 0.1) is 0 Å². The smallest absolute Gasteiger partial charge is 0.354 e. The number of carboxylic acids is 1. The molecule has 0 unspecified atom stereocenters. The van der Waals surface area contributed by atoms with Gasteiger partial charge in [0.25, 0.3) is 0 Å². The number of hydrogen-bond acceptors (Lipinski definition) is 3. The van der Waals surface area contributed by atoms with Crippen LogP contribution in [0.1, 0.15) is 10.5 Å². The van der Waals surface area contributed by atoms with E-state index in [1.54, 1.807) is 30.3 Å². The first-order valence-electron chi connectivity index (χ1n) is 4.99. The molecule has 0 spiro atoms. The number of nitrogens with one attached hydrogen (secondary N) is 1. The number of hydrogen-bond donors (Lipinski definition) is 2. The van der Waals surface area contributed by atoms with Gasteiger partial charge in [0.1, 0.15) is 5.82 Å². The van der Waals surface area contributed by atoms with Crippen molar-refractivity contribution in [2.24, 2.45) is 0 Å². The maximum absolute atomic E-state index is 10.8. The van der Waals surface area contributed by atoms with E-state index in [4.69, 9.17) is 28.3 Å². The highest BCUT2D eigenvalue weighted by Gasteiger charge is 2.08. The van der Waals surface area contributed by atoms with E-state index >= 15 is 0 Å². The van der Waals surface area contributed by atoms with Gasteiger partial charge in [-0.3, -0.25) is 0 Å². The lowest BCUT2D eigenvalue weighted by Gasteiger charge is -2.09. The Bertz CT molecular complexity index is 582. The fourth-order valence-electron chi connectivity index (χ4n) is 1.37. The van der Waals surface area contributed by atoms with Gasteiger partial charge < -0.3 is 10.4 Å². The van der Waals surface area contributed by atoms with Crippen LogP contribution in [0.2, 0.25) is 10.0 Å². The normalized spacial score (nSPS) is 10.1. The molecule has 4 nitrogen and oxygen atoms in total. The zero-order chi connectivity index (χ0) is 13.1. The summed E-state index contributed by atoms with van der Waals surface area (Å²) < 4.78 is 0. The van der Waals surface area contributed by atoms with Crippen molar-refractivity contribution in [3.05, 3.63) is 52.1 Å². The molecule has 92 valence electrons. The number of aromatic nitrogens is 1. The van der Waals surface area contributed by atoms with E-state index in [1.807, 2.05) is 0 Å². The fourth-order valence-corrected chi connectivity index (χ4v) is 1.86. The van der Waals surface area contributed by atoms with Crippen LogP contribution in [-0.2, 0) is 0 Å². The Morgan fingerprint density at radius 2 is 1.72 bits per heavy atom. The van der Waals surface area contributed by atoms with E-state index in [0.717, 1.165) is 0 Å². The number of pyridine rings is 1. The SMILES string of the molecule is O=C(O)c1cccc(Nc2c(Cl)cccc2Cl)n1. The average Bonchev–Trinajstić information content (AvgIpc) is 2.34. The van der Waals surface area contributed by atoms with Gasteiger partial charge in [0.05, 0.1) is 15.7 Å². The molecule has 0 bridgehead atoms. The van der Waals surface area contributed by atoms with Crippen LogP contribution in [-0.4, -0.2) is 16.1 Å². The number of carboxylic acid groups (broad SMARTS) is 1. The van der Waals surface area contributed by atoms with Gasteiger partial charge in [0.2, 0.25) is 0 Å². The molecule has 0 saturated carbocycles. The predicted molar refractivity (Wildman–Crippen MR) is 70.9 cm³/mol. The summed E-state index contributed by atoms with van der Waals surface area (Å²) in [6, 6.07) is 9.70. The molecular weight excluding hydrogens is 275 g/mol. The maximum atomic E-state index is 10.8. The lowest BCUT2D eigenvalue weighted by Crippen LogP contribution is -2.03. The lowest BCUT2D eigenvalue weighted by molar-refractivity contribution is 0.0690. The van der Waals surface area contributed by atoms with Crippen molar-refractivity contribution < 1.29 is 9.90 Å². The zero-order valence-electron chi connectivity index (χ0n) is 9.02. The van der Waals surface area contributed by atoms with Crippen molar-refractivity contribution >= 4 is 40.7 Å². The van der Waals surface area contributed by atoms with Crippen molar-refractivity contribution in [3.63, 3.8) is 0 Å². The van der Waals surface area contributed by atoms with E-state index in [-0.39, 0.29) is 5.69 Å². The molecule has 0 amide bonds. The third-order valence-electron chi connectivity index (χ3n) is 2.18. The lowest BCUT2D eigenvalue weighted by atomic mass is 10.3. The van der Waals surface area contributed by atoms with Gasteiger partial charge in [-0.15, -0.1) is 0 Å². The van der Waals surface area contributed by atoms with Crippen LogP contribution in [0.25, 0.3) is 0 Å². The number of rotatable bonds is 3. The molecule has 1 aromatic carbocycles. The van der Waals surface area contributed by atoms with Crippen LogP contribution in [0.15, 0.2) is 36.4 Å². The van der Waals surface area contributed by atoms with Gasteiger partial charge in [-0.2, -0.15) is 0 Å². The molecule has 1 aromatic heterocycles. The Morgan fingerprint density at radius 3 is 2.33 bits per heavy atom.